The number of allylic oxidation sites excluding steroid dienone is 4. The van der Waals surface area contributed by atoms with Gasteiger partial charge in [0.05, 0.1) is 12.7 Å². The quantitative estimate of drug-likeness (QED) is 0.115. The molecule has 2 unspecified atom stereocenters. The fourth-order valence-electron chi connectivity index (χ4n) is 10.4. The van der Waals surface area contributed by atoms with Crippen molar-refractivity contribution in [1.82, 2.24) is 4.98 Å². The van der Waals surface area contributed by atoms with Gasteiger partial charge in [-0.3, -0.25) is 19.4 Å². The fraction of sp³-hybridized carbons (Fsp3) is 0.315. The summed E-state index contributed by atoms with van der Waals surface area (Å²) in [6.45, 7) is 1.95. The summed E-state index contributed by atoms with van der Waals surface area (Å²) in [5.41, 5.74) is 13.1. The van der Waals surface area contributed by atoms with Crippen molar-refractivity contribution < 1.29 is 23.9 Å². The van der Waals surface area contributed by atoms with Gasteiger partial charge in [0.2, 0.25) is 0 Å². The highest BCUT2D eigenvalue weighted by molar-refractivity contribution is 5.98. The number of aryl methyl sites for hydroxylation is 3. The third-order valence-electron chi connectivity index (χ3n) is 13.4. The largest absolute Gasteiger partial charge is 0.465 e. The molecular formula is C54H53NO5. The lowest BCUT2D eigenvalue weighted by atomic mass is 9.63. The molecule has 60 heavy (non-hydrogen) atoms. The molecule has 4 aromatic carbocycles. The zero-order valence-electron chi connectivity index (χ0n) is 34.8. The van der Waals surface area contributed by atoms with Gasteiger partial charge in [0, 0.05) is 47.5 Å². The van der Waals surface area contributed by atoms with Crippen LogP contribution in [0.1, 0.15) is 117 Å². The van der Waals surface area contributed by atoms with Gasteiger partial charge in [-0.15, -0.1) is 0 Å². The number of ether oxygens (including phenoxy) is 1. The Labute approximate surface area is 353 Å². The van der Waals surface area contributed by atoms with Crippen LogP contribution in [0.3, 0.4) is 0 Å². The van der Waals surface area contributed by atoms with Gasteiger partial charge in [-0.1, -0.05) is 96.1 Å². The van der Waals surface area contributed by atoms with Gasteiger partial charge in [-0.2, -0.15) is 0 Å². The molecule has 5 aromatic rings. The summed E-state index contributed by atoms with van der Waals surface area (Å²) >= 11 is 0. The number of esters is 1. The van der Waals surface area contributed by atoms with Crippen molar-refractivity contribution in [1.29, 1.82) is 0 Å². The molecule has 6 heteroatoms. The number of ketones is 3. The van der Waals surface area contributed by atoms with Crippen molar-refractivity contribution in [2.24, 2.45) is 0 Å². The normalized spacial score (nSPS) is 20.6. The van der Waals surface area contributed by atoms with Gasteiger partial charge >= 0.3 is 5.97 Å². The molecule has 1 aromatic heterocycles. The number of benzene rings is 4. The average Bonchev–Trinajstić information content (AvgIpc) is 3.52. The van der Waals surface area contributed by atoms with Crippen LogP contribution < -0.4 is 0 Å². The summed E-state index contributed by atoms with van der Waals surface area (Å²) in [5, 5.41) is 0. The van der Waals surface area contributed by atoms with Crippen LogP contribution in [-0.2, 0) is 57.3 Å². The Morgan fingerprint density at radius 2 is 1.13 bits per heavy atom. The Morgan fingerprint density at radius 3 is 1.65 bits per heavy atom. The average molecular weight is 796 g/mol. The van der Waals surface area contributed by atoms with E-state index in [0.717, 1.165) is 81.0 Å². The maximum Gasteiger partial charge on any atom is 0.337 e. The smallest absolute Gasteiger partial charge is 0.337 e. The van der Waals surface area contributed by atoms with Gasteiger partial charge < -0.3 is 4.74 Å². The van der Waals surface area contributed by atoms with Crippen molar-refractivity contribution in [3.8, 4) is 0 Å². The number of fused-ring (bicyclic) bond motifs is 6. The summed E-state index contributed by atoms with van der Waals surface area (Å²) in [5.74, 6) is 0.317. The first kappa shape index (κ1) is 40.8. The SMILES string of the molecule is COC(=O)c1ccc2c(c1)CCCC1=CC(=O)CCC12Cc1ccccc1.Cc1ncccc1CC(=O)c1ccc2c(c1)CCCC1=CC(=O)CCC12Cc1ccccc1. The zero-order chi connectivity index (χ0) is 41.7. The van der Waals surface area contributed by atoms with E-state index in [1.807, 2.05) is 61.5 Å². The van der Waals surface area contributed by atoms with Crippen LogP contribution in [0.5, 0.6) is 0 Å². The highest BCUT2D eigenvalue weighted by atomic mass is 16.5. The van der Waals surface area contributed by atoms with E-state index in [1.165, 1.54) is 51.6 Å². The van der Waals surface area contributed by atoms with Gasteiger partial charge in [-0.05, 0) is 146 Å². The molecule has 0 amide bonds. The molecule has 0 N–H and O–H groups in total. The lowest BCUT2D eigenvalue weighted by Gasteiger charge is -2.39. The predicted molar refractivity (Wildman–Crippen MR) is 235 cm³/mol. The van der Waals surface area contributed by atoms with E-state index in [4.69, 9.17) is 4.74 Å². The number of nitrogens with zero attached hydrogens (tertiary/aromatic N) is 1. The maximum absolute atomic E-state index is 13.2. The predicted octanol–water partition coefficient (Wildman–Crippen LogP) is 10.5. The van der Waals surface area contributed by atoms with E-state index in [1.54, 1.807) is 6.20 Å². The summed E-state index contributed by atoms with van der Waals surface area (Å²) in [4.78, 5) is 54.0. The number of carbonyl (C=O) groups is 4. The van der Waals surface area contributed by atoms with Crippen molar-refractivity contribution >= 4 is 23.3 Å². The molecule has 304 valence electrons. The molecule has 0 fully saturated rings. The molecule has 1 heterocycles. The second-order valence-electron chi connectivity index (χ2n) is 17.1. The number of Topliss-reactive ketones (excluding diaryl/α,β-unsaturated/α-hetero) is 1. The monoisotopic (exact) mass is 795 g/mol. The second kappa shape index (κ2) is 17.7. The van der Waals surface area contributed by atoms with Crippen LogP contribution in [0.25, 0.3) is 0 Å². The molecule has 6 nitrogen and oxygen atoms in total. The standard InChI is InChI=1S/C30H29NO2.C24H24O3/c1-21-23(10-6-16-31-21)18-29(33)25-12-13-28-24(17-25)9-5-11-26-19-27(32)14-15-30(26,28)20-22-7-3-2-4-8-22;1-27-23(26)19-10-11-22-18(14-19)8-5-9-20-15-21(25)12-13-24(20,22)16-17-6-3-2-4-7-17/h2-4,6-8,10,12-13,16-17,19H,5,9,11,14-15,18,20H2,1H3;2-4,6-7,10-11,14-15H,5,8-9,12-13,16H2,1H3. The number of pyridine rings is 1. The third-order valence-corrected chi connectivity index (χ3v) is 13.4. The molecular weight excluding hydrogens is 743 g/mol. The number of rotatable bonds is 8. The van der Waals surface area contributed by atoms with Gasteiger partial charge in [0.25, 0.3) is 0 Å². The molecule has 4 aliphatic carbocycles. The summed E-state index contributed by atoms with van der Waals surface area (Å²) < 4.78 is 4.91. The molecule has 0 spiro atoms. The maximum atomic E-state index is 13.2. The second-order valence-corrected chi connectivity index (χ2v) is 17.1. The minimum absolute atomic E-state index is 0.129. The van der Waals surface area contributed by atoms with Gasteiger partial charge in [-0.25, -0.2) is 4.79 Å². The van der Waals surface area contributed by atoms with Crippen LogP contribution in [-0.4, -0.2) is 35.4 Å². The summed E-state index contributed by atoms with van der Waals surface area (Å²) in [6, 6.07) is 37.2. The summed E-state index contributed by atoms with van der Waals surface area (Å²) in [6.07, 6.45) is 16.3. The number of hydrogen-bond acceptors (Lipinski definition) is 6. The molecule has 0 saturated heterocycles. The highest BCUT2D eigenvalue weighted by Gasteiger charge is 2.43. The van der Waals surface area contributed by atoms with Crippen LogP contribution in [0.15, 0.2) is 139 Å². The first-order valence-electron chi connectivity index (χ1n) is 21.5. The van der Waals surface area contributed by atoms with Crippen LogP contribution >= 0.6 is 0 Å². The fourth-order valence-corrected chi connectivity index (χ4v) is 10.4. The molecule has 0 aliphatic heterocycles. The Balaban J connectivity index is 0.000000170. The Bertz CT molecular complexity index is 2500. The molecule has 0 radical (unpaired) electrons. The number of methoxy groups -OCH3 is 1. The molecule has 9 rings (SSSR count). The summed E-state index contributed by atoms with van der Waals surface area (Å²) in [7, 11) is 1.42. The van der Waals surface area contributed by atoms with Crippen LogP contribution in [0.4, 0.5) is 0 Å². The molecule has 4 aliphatic rings. The number of aromatic nitrogens is 1. The molecule has 0 saturated carbocycles. The molecule has 2 atom stereocenters. The minimum atomic E-state index is -0.297. The highest BCUT2D eigenvalue weighted by Crippen LogP contribution is 2.49. The first-order valence-corrected chi connectivity index (χ1v) is 21.5. The third kappa shape index (κ3) is 8.38. The van der Waals surface area contributed by atoms with Gasteiger partial charge in [0.15, 0.2) is 17.3 Å². The Kier molecular flexibility index (Phi) is 12.0. The van der Waals surface area contributed by atoms with E-state index >= 15 is 0 Å². The van der Waals surface area contributed by atoms with Crippen molar-refractivity contribution in [2.75, 3.05) is 7.11 Å². The van der Waals surface area contributed by atoms with Crippen molar-refractivity contribution in [2.45, 2.75) is 101 Å². The Morgan fingerprint density at radius 1 is 0.617 bits per heavy atom. The first-order chi connectivity index (χ1) is 29.2. The van der Waals surface area contributed by atoms with E-state index in [-0.39, 0.29) is 34.1 Å². The van der Waals surface area contributed by atoms with E-state index < -0.39 is 0 Å². The lowest BCUT2D eigenvalue weighted by molar-refractivity contribution is -0.116. The van der Waals surface area contributed by atoms with Crippen molar-refractivity contribution in [3.63, 3.8) is 0 Å². The van der Waals surface area contributed by atoms with Gasteiger partial charge in [0.1, 0.15) is 0 Å². The number of hydrogen-bond donors (Lipinski definition) is 0. The van der Waals surface area contributed by atoms with Crippen LogP contribution in [0.2, 0.25) is 0 Å². The van der Waals surface area contributed by atoms with E-state index in [0.29, 0.717) is 24.8 Å². The zero-order valence-corrected chi connectivity index (χ0v) is 34.8. The van der Waals surface area contributed by atoms with Crippen molar-refractivity contribution in [3.05, 3.63) is 194 Å². The van der Waals surface area contributed by atoms with Crippen LogP contribution in [0, 0.1) is 6.92 Å². The lowest BCUT2D eigenvalue weighted by Crippen LogP contribution is -2.35. The Hall–Kier alpha value is -6.01. The number of carbonyl (C=O) groups excluding carboxylic acids is 4. The van der Waals surface area contributed by atoms with E-state index in [9.17, 15) is 19.2 Å². The minimum Gasteiger partial charge on any atom is -0.465 e. The topological polar surface area (TPSA) is 90.4 Å². The van der Waals surface area contributed by atoms with E-state index in [2.05, 4.69) is 71.7 Å². The molecule has 0 bridgehead atoms.